The zero-order valence-corrected chi connectivity index (χ0v) is 43.2. The number of carbonyl (C=O) groups excluding carboxylic acids is 5. The van der Waals surface area contributed by atoms with E-state index in [0.717, 1.165) is 115 Å². The molecule has 0 bridgehead atoms. The summed E-state index contributed by atoms with van der Waals surface area (Å²) < 4.78 is 2.20. The molecule has 15 nitrogen and oxygen atoms in total. The van der Waals surface area contributed by atoms with Crippen LogP contribution in [0.5, 0.6) is 0 Å². The second-order valence-corrected chi connectivity index (χ2v) is 23.7. The number of imidazole rings is 1. The van der Waals surface area contributed by atoms with Crippen molar-refractivity contribution in [1.29, 1.82) is 0 Å². The van der Waals surface area contributed by atoms with E-state index < -0.39 is 10.8 Å². The topological polar surface area (TPSA) is 165 Å². The zero-order chi connectivity index (χ0) is 50.2. The van der Waals surface area contributed by atoms with Crippen molar-refractivity contribution in [2.75, 3.05) is 54.8 Å². The Morgan fingerprint density at radius 3 is 2.12 bits per heavy atom. The van der Waals surface area contributed by atoms with Gasteiger partial charge in [0.2, 0.25) is 29.5 Å². The molecule has 7 heterocycles. The lowest BCUT2D eigenvalue weighted by Crippen LogP contribution is -2.59. The minimum absolute atomic E-state index is 0.0133. The summed E-state index contributed by atoms with van der Waals surface area (Å²) in [5, 5.41) is 9.80. The number of likely N-dealkylation sites (tertiary alicyclic amines) is 3. The maximum Gasteiger partial charge on any atom is 0.238 e. The van der Waals surface area contributed by atoms with E-state index in [4.69, 9.17) is 9.97 Å². The quantitative estimate of drug-likeness (QED) is 0.125. The normalized spacial score (nSPS) is 27.3. The van der Waals surface area contributed by atoms with Crippen LogP contribution in [-0.4, -0.2) is 122 Å². The summed E-state index contributed by atoms with van der Waals surface area (Å²) >= 11 is 0. The summed E-state index contributed by atoms with van der Waals surface area (Å²) in [5.74, 6) is 0.705. The molecular weight excluding hydrogens is 917 g/mol. The number of pyridine rings is 1. The average molecular weight is 991 g/mol. The molecule has 0 radical (unpaired) electrons. The molecule has 3 saturated carbocycles. The fraction of sp³-hybridized carbons (Fsp3) is 0.603. The molecule has 4 aromatic rings. The molecule has 8 aliphatic rings. The van der Waals surface area contributed by atoms with Gasteiger partial charge < -0.3 is 34.8 Å². The van der Waals surface area contributed by atoms with Gasteiger partial charge >= 0.3 is 0 Å². The lowest BCUT2D eigenvalue weighted by Gasteiger charge is -2.48. The Labute approximate surface area is 429 Å². The first-order chi connectivity index (χ1) is 35.3. The molecule has 15 heteroatoms. The van der Waals surface area contributed by atoms with E-state index in [0.29, 0.717) is 76.8 Å². The molecule has 1 spiro atoms. The lowest BCUT2D eigenvalue weighted by atomic mass is 9.72. The summed E-state index contributed by atoms with van der Waals surface area (Å²) in [6, 6.07) is 18.3. The molecule has 386 valence electrons. The van der Waals surface area contributed by atoms with Crippen molar-refractivity contribution in [2.24, 2.45) is 11.3 Å². The second kappa shape index (κ2) is 19.1. The molecule has 4 saturated heterocycles. The van der Waals surface area contributed by atoms with Crippen LogP contribution < -0.4 is 20.9 Å². The number of rotatable bonds is 11. The number of benzene rings is 2. The number of fused-ring (bicyclic) bond motifs is 3. The molecule has 1 atom stereocenters. The third-order valence-electron chi connectivity index (χ3n) is 18.7. The first kappa shape index (κ1) is 48.1. The van der Waals surface area contributed by atoms with E-state index in [1.807, 2.05) is 40.4 Å². The van der Waals surface area contributed by atoms with Gasteiger partial charge in [-0.1, -0.05) is 37.6 Å². The van der Waals surface area contributed by atoms with Crippen molar-refractivity contribution in [3.63, 3.8) is 0 Å². The summed E-state index contributed by atoms with van der Waals surface area (Å²) in [5.41, 5.74) is 6.59. The van der Waals surface area contributed by atoms with Gasteiger partial charge in [-0.3, -0.25) is 29.3 Å². The van der Waals surface area contributed by atoms with Crippen molar-refractivity contribution in [3.8, 4) is 11.3 Å². The van der Waals surface area contributed by atoms with Crippen LogP contribution in [0, 0.1) is 11.3 Å². The molecule has 7 fully saturated rings. The molecule has 12 rings (SSSR count). The molecule has 1 unspecified atom stereocenters. The summed E-state index contributed by atoms with van der Waals surface area (Å²) in [6.45, 7) is 11.0. The number of amides is 5. The van der Waals surface area contributed by atoms with Crippen LogP contribution in [0.4, 0.5) is 17.2 Å². The fourth-order valence-corrected chi connectivity index (χ4v) is 13.8. The molecule has 73 heavy (non-hydrogen) atoms. The number of carbonyl (C=O) groups is 5. The van der Waals surface area contributed by atoms with Crippen molar-refractivity contribution >= 4 is 57.8 Å². The Morgan fingerprint density at radius 1 is 0.753 bits per heavy atom. The monoisotopic (exact) mass is 991 g/mol. The Kier molecular flexibility index (Phi) is 12.6. The van der Waals surface area contributed by atoms with Gasteiger partial charge in [-0.05, 0) is 159 Å². The third kappa shape index (κ3) is 8.98. The number of nitrogens with zero attached hydrogens (tertiary/aromatic N) is 7. The van der Waals surface area contributed by atoms with Crippen molar-refractivity contribution in [2.45, 2.75) is 171 Å². The minimum Gasteiger partial charge on any atom is -0.382 e. The summed E-state index contributed by atoms with van der Waals surface area (Å²) in [4.78, 5) is 86.8. The van der Waals surface area contributed by atoms with Gasteiger partial charge in [0.15, 0.2) is 5.82 Å². The highest BCUT2D eigenvalue weighted by Crippen LogP contribution is 2.53. The van der Waals surface area contributed by atoms with Crippen LogP contribution in [0.25, 0.3) is 22.3 Å². The molecule has 3 aliphatic carbocycles. The Morgan fingerprint density at radius 2 is 1.44 bits per heavy atom. The third-order valence-corrected chi connectivity index (χ3v) is 18.7. The van der Waals surface area contributed by atoms with Gasteiger partial charge in [-0.15, -0.1) is 0 Å². The minimum atomic E-state index is -0.680. The highest BCUT2D eigenvalue weighted by Gasteiger charge is 2.56. The number of aromatic nitrogens is 3. The Bertz CT molecular complexity index is 2780. The van der Waals surface area contributed by atoms with Crippen LogP contribution in [0.3, 0.4) is 0 Å². The first-order valence-electron chi connectivity index (χ1n) is 28.0. The summed E-state index contributed by atoms with van der Waals surface area (Å²) in [6.07, 6.45) is 16.8. The molecule has 2 aromatic carbocycles. The Balaban J connectivity index is 0.691. The molecule has 5 aliphatic heterocycles. The fourth-order valence-electron chi connectivity index (χ4n) is 13.8. The maximum absolute atomic E-state index is 15.3. The number of hydrogen-bond acceptors (Lipinski definition) is 10. The average Bonchev–Trinajstić information content (AvgIpc) is 4.06. The number of hydrogen-bond donors (Lipinski definition) is 3. The van der Waals surface area contributed by atoms with Gasteiger partial charge in [0, 0.05) is 91.1 Å². The zero-order valence-electron chi connectivity index (χ0n) is 43.2. The van der Waals surface area contributed by atoms with Gasteiger partial charge in [-0.25, -0.2) is 9.97 Å². The standard InChI is InChI=1S/C58H74N10O5/c1-36(2)67-35-59-48-34-47(62-52(51(48)67)61-42-16-17-42)39-11-19-46-49(31-39)68(44-32-43(33-44)64-25-5-4-6-26-64)56(73)58(46)23-29-66(30-24-58)55(72)57(3)21-27-65(28-22-57)54(71)38-9-14-41(15-10-38)60-40-12-7-37(8-13-40)45-18-20-50(69)63-53(45)70/h7-8,11-13,19,31,34-36,38,41-45,60H,4-6,9-10,14-18,20-30,32-33H2,1-3H3,(H,61,62)(H,63,69,70). The van der Waals surface area contributed by atoms with E-state index >= 15 is 4.79 Å². The molecule has 3 N–H and O–H groups in total. The number of imide groups is 1. The van der Waals surface area contributed by atoms with Crippen LogP contribution in [0.2, 0.25) is 0 Å². The highest BCUT2D eigenvalue weighted by atomic mass is 16.2. The largest absolute Gasteiger partial charge is 0.382 e. The van der Waals surface area contributed by atoms with E-state index in [1.165, 1.54) is 19.3 Å². The SMILES string of the molecule is CC(C)n1cnc2cc(-c3ccc4c(c3)N(C3CC(N5CCCCC5)C3)C(=O)C43CCN(C(=O)C4(C)CCN(C(=O)C5CCC(Nc6ccc(C7CCC(=O)NC7=O)cc6)CC5)CC4)CC3)nc(NC3CC3)c21. The van der Waals surface area contributed by atoms with Crippen LogP contribution >= 0.6 is 0 Å². The van der Waals surface area contributed by atoms with Crippen molar-refractivity contribution in [1.82, 2.24) is 34.6 Å². The van der Waals surface area contributed by atoms with Crippen molar-refractivity contribution < 1.29 is 24.0 Å². The van der Waals surface area contributed by atoms with Gasteiger partial charge in [0.05, 0.1) is 28.9 Å². The number of piperidine rings is 4. The number of anilines is 3. The molecule has 5 amide bonds. The van der Waals surface area contributed by atoms with E-state index in [9.17, 15) is 19.2 Å². The predicted octanol–water partition coefficient (Wildman–Crippen LogP) is 8.30. The lowest BCUT2D eigenvalue weighted by molar-refractivity contribution is -0.150. The van der Waals surface area contributed by atoms with E-state index in [2.05, 4.69) is 75.4 Å². The van der Waals surface area contributed by atoms with E-state index in [1.54, 1.807) is 0 Å². The number of nitrogens with one attached hydrogen (secondary N) is 3. The van der Waals surface area contributed by atoms with Gasteiger partial charge in [-0.2, -0.15) is 0 Å². The highest BCUT2D eigenvalue weighted by molar-refractivity contribution is 6.09. The molecular formula is C58H74N10O5. The molecule has 2 aromatic heterocycles. The van der Waals surface area contributed by atoms with Crippen LogP contribution in [-0.2, 0) is 29.4 Å². The van der Waals surface area contributed by atoms with E-state index in [-0.39, 0.29) is 59.5 Å². The van der Waals surface area contributed by atoms with Gasteiger partial charge in [0.1, 0.15) is 5.52 Å². The second-order valence-electron chi connectivity index (χ2n) is 23.7. The van der Waals surface area contributed by atoms with Crippen molar-refractivity contribution in [3.05, 3.63) is 66.0 Å². The van der Waals surface area contributed by atoms with Crippen LogP contribution in [0.1, 0.15) is 153 Å². The Hall–Kier alpha value is -5.83. The van der Waals surface area contributed by atoms with Crippen LogP contribution in [0.15, 0.2) is 54.9 Å². The first-order valence-corrected chi connectivity index (χ1v) is 28.0. The smallest absolute Gasteiger partial charge is 0.238 e. The summed E-state index contributed by atoms with van der Waals surface area (Å²) in [7, 11) is 0. The maximum atomic E-state index is 15.3. The predicted molar refractivity (Wildman–Crippen MR) is 282 cm³/mol. The van der Waals surface area contributed by atoms with Gasteiger partial charge in [0.25, 0.3) is 0 Å².